The number of nitrogens with zero attached hydrogens (tertiary/aromatic N) is 2. The van der Waals surface area contributed by atoms with Gasteiger partial charge in [-0.3, -0.25) is 0 Å². The van der Waals surface area contributed by atoms with Gasteiger partial charge in [0.05, 0.1) is 5.56 Å². The van der Waals surface area contributed by atoms with Crippen molar-refractivity contribution in [2.75, 3.05) is 18.0 Å². The molecule has 0 spiro atoms. The molecule has 1 saturated heterocycles. The molecule has 144 valence electrons. The van der Waals surface area contributed by atoms with Gasteiger partial charge in [0, 0.05) is 36.3 Å². The normalized spacial score (nSPS) is 26.1. The molecule has 1 amide bonds. The molecule has 0 unspecified atom stereocenters. The molecule has 3 rings (SSSR count). The van der Waals surface area contributed by atoms with Gasteiger partial charge in [-0.25, -0.2) is 4.79 Å². The van der Waals surface area contributed by atoms with E-state index < -0.39 is 23.4 Å². The highest BCUT2D eigenvalue weighted by Crippen LogP contribution is 2.44. The van der Waals surface area contributed by atoms with Crippen LogP contribution in [0.25, 0.3) is 0 Å². The van der Waals surface area contributed by atoms with Crippen LogP contribution in [0.1, 0.15) is 39.2 Å². The number of amides is 1. The second kappa shape index (κ2) is 6.35. The third-order valence-electron chi connectivity index (χ3n) is 5.62. The number of anilines is 1. The topological polar surface area (TPSA) is 43.8 Å². The molecule has 0 radical (unpaired) electrons. The molecule has 1 heterocycles. The Labute approximate surface area is 151 Å². The van der Waals surface area contributed by atoms with Crippen LogP contribution >= 0.6 is 0 Å². The smallest absolute Gasteiger partial charge is 0.416 e. The first kappa shape index (κ1) is 18.9. The Kier molecular flexibility index (Phi) is 4.61. The van der Waals surface area contributed by atoms with Gasteiger partial charge in [0.2, 0.25) is 0 Å². The van der Waals surface area contributed by atoms with Gasteiger partial charge in [0.15, 0.2) is 0 Å². The van der Waals surface area contributed by atoms with E-state index in [1.165, 1.54) is 17.0 Å². The average Bonchev–Trinajstić information content (AvgIpc) is 3.07. The van der Waals surface area contributed by atoms with E-state index in [-0.39, 0.29) is 12.0 Å². The highest BCUT2D eigenvalue weighted by Gasteiger charge is 2.48. The van der Waals surface area contributed by atoms with Crippen molar-refractivity contribution in [3.8, 4) is 0 Å². The first-order chi connectivity index (χ1) is 12.0. The average molecular weight is 370 g/mol. The number of hydrogen-bond donors (Lipinski definition) is 1. The lowest BCUT2D eigenvalue weighted by Gasteiger charge is -2.40. The lowest BCUT2D eigenvalue weighted by molar-refractivity contribution is -0.137. The predicted octanol–water partition coefficient (Wildman–Crippen LogP) is 4.70. The van der Waals surface area contributed by atoms with Crippen molar-refractivity contribution in [3.63, 3.8) is 0 Å². The molecule has 1 N–H and O–H groups in total. The Hall–Kier alpha value is -1.92. The van der Waals surface area contributed by atoms with Crippen LogP contribution in [-0.2, 0) is 6.18 Å². The summed E-state index contributed by atoms with van der Waals surface area (Å²) in [5.41, 5.74) is -0.592. The zero-order chi connectivity index (χ0) is 19.3. The highest BCUT2D eigenvalue weighted by molar-refractivity contribution is 5.66. The number of alkyl halides is 3. The molecule has 4 nitrogen and oxygen atoms in total. The summed E-state index contributed by atoms with van der Waals surface area (Å²) in [5.74, 6) is 0.471. The van der Waals surface area contributed by atoms with Gasteiger partial charge < -0.3 is 14.9 Å². The Morgan fingerprint density at radius 2 is 1.88 bits per heavy atom. The number of halogens is 3. The van der Waals surface area contributed by atoms with E-state index in [0.717, 1.165) is 18.9 Å². The monoisotopic (exact) mass is 370 g/mol. The molecule has 3 atom stereocenters. The summed E-state index contributed by atoms with van der Waals surface area (Å²) in [7, 11) is 0. The molecular weight excluding hydrogens is 345 g/mol. The van der Waals surface area contributed by atoms with Crippen molar-refractivity contribution < 1.29 is 23.1 Å². The lowest BCUT2D eigenvalue weighted by atomic mass is 9.93. The van der Waals surface area contributed by atoms with E-state index in [4.69, 9.17) is 0 Å². The van der Waals surface area contributed by atoms with Crippen LogP contribution in [0.15, 0.2) is 24.3 Å². The third-order valence-corrected chi connectivity index (χ3v) is 5.62. The van der Waals surface area contributed by atoms with Gasteiger partial charge >= 0.3 is 12.3 Å². The third kappa shape index (κ3) is 3.48. The number of carboxylic acid groups (broad SMARTS) is 1. The van der Waals surface area contributed by atoms with Gasteiger partial charge in [-0.15, -0.1) is 0 Å². The standard InChI is InChI=1S/C19H25F3N2O2/c1-18(2,3)24(17(25)26)16-8-7-12-10-23(11-15(12)16)14-6-4-5-13(9-14)19(20,21)22/h4-6,9,12,15-16H,7-8,10-11H2,1-3H3,(H,25,26)/t12-,15+,16+/m1/s1. The zero-order valence-corrected chi connectivity index (χ0v) is 15.3. The molecule has 1 aliphatic heterocycles. The Balaban J connectivity index is 1.81. The van der Waals surface area contributed by atoms with E-state index >= 15 is 0 Å². The van der Waals surface area contributed by atoms with Crippen LogP contribution in [0.3, 0.4) is 0 Å². The SMILES string of the molecule is CC(C)(C)N(C(=O)O)[C@H]1CC[C@@H]2CN(c3cccc(C(F)(F)F)c3)C[C@@H]21. The second-order valence-corrected chi connectivity index (χ2v) is 8.35. The van der Waals surface area contributed by atoms with Gasteiger partial charge in [0.1, 0.15) is 0 Å². The summed E-state index contributed by atoms with van der Waals surface area (Å²) in [6.07, 6.45) is -3.57. The molecule has 1 aromatic carbocycles. The van der Waals surface area contributed by atoms with Crippen LogP contribution in [-0.4, -0.2) is 40.8 Å². The first-order valence-electron chi connectivity index (χ1n) is 8.93. The first-order valence-corrected chi connectivity index (χ1v) is 8.93. The molecule has 2 fully saturated rings. The molecule has 7 heteroatoms. The molecule has 0 bridgehead atoms. The number of hydrogen-bond acceptors (Lipinski definition) is 2. The van der Waals surface area contributed by atoms with Crippen molar-refractivity contribution in [1.29, 1.82) is 0 Å². The fourth-order valence-electron chi connectivity index (χ4n) is 4.57. The molecular formula is C19H25F3N2O2. The summed E-state index contributed by atoms with van der Waals surface area (Å²) >= 11 is 0. The van der Waals surface area contributed by atoms with Gasteiger partial charge in [0.25, 0.3) is 0 Å². The maximum atomic E-state index is 13.0. The van der Waals surface area contributed by atoms with E-state index in [0.29, 0.717) is 24.7 Å². The van der Waals surface area contributed by atoms with Crippen LogP contribution in [0.5, 0.6) is 0 Å². The molecule has 1 saturated carbocycles. The maximum Gasteiger partial charge on any atom is 0.416 e. The van der Waals surface area contributed by atoms with Gasteiger partial charge in [-0.2, -0.15) is 13.2 Å². The maximum absolute atomic E-state index is 13.0. The van der Waals surface area contributed by atoms with Crippen molar-refractivity contribution in [2.24, 2.45) is 11.8 Å². The zero-order valence-electron chi connectivity index (χ0n) is 15.3. The summed E-state index contributed by atoms with van der Waals surface area (Å²) in [5, 5.41) is 9.69. The fourth-order valence-corrected chi connectivity index (χ4v) is 4.57. The number of carbonyl (C=O) groups is 1. The fraction of sp³-hybridized carbons (Fsp3) is 0.632. The van der Waals surface area contributed by atoms with E-state index in [1.807, 2.05) is 25.7 Å². The summed E-state index contributed by atoms with van der Waals surface area (Å²) < 4.78 is 38.9. The predicted molar refractivity (Wildman–Crippen MR) is 93.3 cm³/mol. The summed E-state index contributed by atoms with van der Waals surface area (Å²) in [6, 6.07) is 5.31. The van der Waals surface area contributed by atoms with E-state index in [2.05, 4.69) is 0 Å². The highest BCUT2D eigenvalue weighted by atomic mass is 19.4. The van der Waals surface area contributed by atoms with Gasteiger partial charge in [-0.05, 0) is 57.7 Å². The van der Waals surface area contributed by atoms with Crippen molar-refractivity contribution >= 4 is 11.8 Å². The van der Waals surface area contributed by atoms with Gasteiger partial charge in [-0.1, -0.05) is 6.07 Å². The van der Waals surface area contributed by atoms with E-state index in [9.17, 15) is 23.1 Å². The minimum Gasteiger partial charge on any atom is -0.465 e. The number of benzene rings is 1. The molecule has 1 aliphatic carbocycles. The second-order valence-electron chi connectivity index (χ2n) is 8.35. The van der Waals surface area contributed by atoms with Crippen molar-refractivity contribution in [2.45, 2.75) is 51.4 Å². The Morgan fingerprint density at radius 3 is 2.46 bits per heavy atom. The van der Waals surface area contributed by atoms with Crippen LogP contribution in [0, 0.1) is 11.8 Å². The van der Waals surface area contributed by atoms with E-state index in [1.54, 1.807) is 6.07 Å². The largest absolute Gasteiger partial charge is 0.465 e. The Morgan fingerprint density at radius 1 is 1.19 bits per heavy atom. The quantitative estimate of drug-likeness (QED) is 0.821. The van der Waals surface area contributed by atoms with Crippen LogP contribution < -0.4 is 4.90 Å². The van der Waals surface area contributed by atoms with Crippen molar-refractivity contribution in [3.05, 3.63) is 29.8 Å². The Bertz CT molecular complexity index is 684. The summed E-state index contributed by atoms with van der Waals surface area (Å²) in [4.78, 5) is 15.3. The molecule has 0 aromatic heterocycles. The number of rotatable bonds is 2. The number of fused-ring (bicyclic) bond motifs is 1. The minimum atomic E-state index is -4.36. The molecule has 26 heavy (non-hydrogen) atoms. The van der Waals surface area contributed by atoms with Crippen molar-refractivity contribution in [1.82, 2.24) is 4.90 Å². The molecule has 1 aromatic rings. The lowest BCUT2D eigenvalue weighted by Crippen LogP contribution is -2.53. The van der Waals surface area contributed by atoms with Crippen LogP contribution in [0.2, 0.25) is 0 Å². The summed E-state index contributed by atoms with van der Waals surface area (Å²) in [6.45, 7) is 6.92. The van der Waals surface area contributed by atoms with Crippen LogP contribution in [0.4, 0.5) is 23.7 Å². The minimum absolute atomic E-state index is 0.0895. The molecule has 2 aliphatic rings.